The quantitative estimate of drug-likeness (QED) is 0.907. The lowest BCUT2D eigenvalue weighted by Crippen LogP contribution is -2.20. The largest absolute Gasteiger partial charge is 0.384 e. The zero-order valence-electron chi connectivity index (χ0n) is 9.16. The van der Waals surface area contributed by atoms with E-state index in [9.17, 15) is 8.42 Å². The Balaban J connectivity index is 2.84. The summed E-state index contributed by atoms with van der Waals surface area (Å²) in [5.74, 6) is -0.0517. The highest BCUT2D eigenvalue weighted by Crippen LogP contribution is 2.26. The van der Waals surface area contributed by atoms with Crippen LogP contribution in [0.2, 0.25) is 0 Å². The number of hydrogen-bond acceptors (Lipinski definition) is 3. The van der Waals surface area contributed by atoms with Crippen LogP contribution in [0.3, 0.4) is 0 Å². The minimum Gasteiger partial charge on any atom is -0.384 e. The summed E-state index contributed by atoms with van der Waals surface area (Å²) in [5.41, 5.74) is 1.53. The van der Waals surface area contributed by atoms with Crippen molar-refractivity contribution in [3.05, 3.63) is 28.2 Å². The predicted octanol–water partition coefficient (Wildman–Crippen LogP) is 2.15. The van der Waals surface area contributed by atoms with Crippen LogP contribution in [-0.2, 0) is 14.8 Å². The number of anilines is 1. The third-order valence-electron chi connectivity index (χ3n) is 2.01. The Kier molecular flexibility index (Phi) is 4.76. The van der Waals surface area contributed by atoms with E-state index in [2.05, 4.69) is 20.7 Å². The zero-order valence-corrected chi connectivity index (χ0v) is 11.6. The van der Waals surface area contributed by atoms with Crippen LogP contribution < -0.4 is 4.72 Å². The summed E-state index contributed by atoms with van der Waals surface area (Å²) in [7, 11) is -1.87. The first-order valence-electron chi connectivity index (χ1n) is 4.71. The second kappa shape index (κ2) is 5.65. The lowest BCUT2D eigenvalue weighted by molar-refractivity contribution is 0.217. The summed E-state index contributed by atoms with van der Waals surface area (Å²) in [5, 5.41) is 0. The maximum Gasteiger partial charge on any atom is 0.235 e. The van der Waals surface area contributed by atoms with E-state index in [1.807, 2.05) is 13.0 Å². The summed E-state index contributed by atoms with van der Waals surface area (Å²) in [4.78, 5) is 0. The van der Waals surface area contributed by atoms with Gasteiger partial charge in [0.05, 0.1) is 18.0 Å². The Labute approximate surface area is 104 Å². The molecule has 0 spiro atoms. The number of sulfonamides is 1. The third-order valence-corrected chi connectivity index (χ3v) is 4.30. The minimum absolute atomic E-state index is 0.0517. The molecule has 0 heterocycles. The first-order valence-corrected chi connectivity index (χ1v) is 7.15. The Morgan fingerprint density at radius 1 is 1.44 bits per heavy atom. The van der Waals surface area contributed by atoms with E-state index in [4.69, 9.17) is 4.74 Å². The monoisotopic (exact) mass is 307 g/mol. The third kappa shape index (κ3) is 3.77. The van der Waals surface area contributed by atoms with E-state index in [-0.39, 0.29) is 12.4 Å². The molecular weight excluding hydrogens is 294 g/mol. The second-order valence-corrected chi connectivity index (χ2v) is 5.99. The van der Waals surface area contributed by atoms with Gasteiger partial charge >= 0.3 is 0 Å². The summed E-state index contributed by atoms with van der Waals surface area (Å²) < 4.78 is 31.2. The van der Waals surface area contributed by atoms with Crippen molar-refractivity contribution in [2.75, 3.05) is 24.2 Å². The maximum atomic E-state index is 11.6. The molecule has 90 valence electrons. The molecular formula is C10H14BrNO3S. The van der Waals surface area contributed by atoms with Crippen LogP contribution in [0.15, 0.2) is 22.7 Å². The van der Waals surface area contributed by atoms with Gasteiger partial charge in [0.1, 0.15) is 0 Å². The number of hydrogen-bond donors (Lipinski definition) is 1. The van der Waals surface area contributed by atoms with Crippen LogP contribution in [0, 0.1) is 6.92 Å². The van der Waals surface area contributed by atoms with Gasteiger partial charge in [-0.05, 0) is 34.5 Å². The number of ether oxygens (including phenoxy) is 1. The Bertz CT molecular complexity index is 459. The molecule has 0 aliphatic rings. The van der Waals surface area contributed by atoms with Gasteiger partial charge in [0, 0.05) is 11.6 Å². The van der Waals surface area contributed by atoms with Gasteiger partial charge in [-0.1, -0.05) is 12.1 Å². The van der Waals surface area contributed by atoms with Crippen LogP contribution >= 0.6 is 15.9 Å². The standard InChI is InChI=1S/C10H14BrNO3S/c1-8-4-3-5-9(10(8)11)12-16(13,14)7-6-15-2/h3-5,12H,6-7H2,1-2H3. The highest BCUT2D eigenvalue weighted by molar-refractivity contribution is 9.10. The zero-order chi connectivity index (χ0) is 12.2. The molecule has 1 N–H and O–H groups in total. The normalized spacial score (nSPS) is 11.4. The first-order chi connectivity index (χ1) is 7.46. The SMILES string of the molecule is COCCS(=O)(=O)Nc1cccc(C)c1Br. The Hall–Kier alpha value is -0.590. The summed E-state index contributed by atoms with van der Waals surface area (Å²) >= 11 is 3.34. The fourth-order valence-electron chi connectivity index (χ4n) is 1.14. The fourth-order valence-corrected chi connectivity index (χ4v) is 2.63. The number of benzene rings is 1. The number of rotatable bonds is 5. The molecule has 16 heavy (non-hydrogen) atoms. The molecule has 1 aromatic carbocycles. The van der Waals surface area contributed by atoms with Crippen molar-refractivity contribution in [1.29, 1.82) is 0 Å². The average Bonchev–Trinajstić information content (AvgIpc) is 2.22. The topological polar surface area (TPSA) is 55.4 Å². The molecule has 4 nitrogen and oxygen atoms in total. The van der Waals surface area contributed by atoms with Crippen molar-refractivity contribution in [3.8, 4) is 0 Å². The summed E-state index contributed by atoms with van der Waals surface area (Å²) in [6.45, 7) is 2.08. The van der Waals surface area contributed by atoms with Crippen LogP contribution in [-0.4, -0.2) is 27.9 Å². The van der Waals surface area contributed by atoms with E-state index in [1.54, 1.807) is 12.1 Å². The molecule has 6 heteroatoms. The lowest BCUT2D eigenvalue weighted by Gasteiger charge is -2.10. The second-order valence-electron chi connectivity index (χ2n) is 3.35. The molecule has 0 bridgehead atoms. The van der Waals surface area contributed by atoms with E-state index in [0.717, 1.165) is 10.0 Å². The van der Waals surface area contributed by atoms with Gasteiger partial charge in [-0.2, -0.15) is 0 Å². The van der Waals surface area contributed by atoms with Crippen molar-refractivity contribution >= 4 is 31.6 Å². The van der Waals surface area contributed by atoms with Crippen molar-refractivity contribution < 1.29 is 13.2 Å². The van der Waals surface area contributed by atoms with Crippen LogP contribution in [0.4, 0.5) is 5.69 Å². The van der Waals surface area contributed by atoms with Crippen molar-refractivity contribution in [1.82, 2.24) is 0 Å². The number of aryl methyl sites for hydroxylation is 1. The average molecular weight is 308 g/mol. The molecule has 0 unspecified atom stereocenters. The molecule has 0 atom stereocenters. The van der Waals surface area contributed by atoms with Gasteiger partial charge in [-0.15, -0.1) is 0 Å². The molecule has 0 aromatic heterocycles. The van der Waals surface area contributed by atoms with Gasteiger partial charge in [-0.25, -0.2) is 8.42 Å². The summed E-state index contributed by atoms with van der Waals surface area (Å²) in [6.07, 6.45) is 0. The van der Waals surface area contributed by atoms with Gasteiger partial charge in [0.2, 0.25) is 10.0 Å². The van der Waals surface area contributed by atoms with Gasteiger partial charge in [-0.3, -0.25) is 4.72 Å². The van der Waals surface area contributed by atoms with Gasteiger partial charge in [0.15, 0.2) is 0 Å². The molecule has 1 rings (SSSR count). The van der Waals surface area contributed by atoms with Gasteiger partial charge < -0.3 is 4.74 Å². The van der Waals surface area contributed by atoms with Crippen molar-refractivity contribution in [3.63, 3.8) is 0 Å². The number of methoxy groups -OCH3 is 1. The smallest absolute Gasteiger partial charge is 0.235 e. The molecule has 0 amide bonds. The molecule has 0 aliphatic carbocycles. The Morgan fingerprint density at radius 2 is 2.12 bits per heavy atom. The van der Waals surface area contributed by atoms with E-state index >= 15 is 0 Å². The van der Waals surface area contributed by atoms with Crippen LogP contribution in [0.5, 0.6) is 0 Å². The van der Waals surface area contributed by atoms with Crippen molar-refractivity contribution in [2.45, 2.75) is 6.92 Å². The highest BCUT2D eigenvalue weighted by Gasteiger charge is 2.12. The summed E-state index contributed by atoms with van der Waals surface area (Å²) in [6, 6.07) is 5.41. The molecule has 0 fully saturated rings. The predicted molar refractivity (Wildman–Crippen MR) is 68.2 cm³/mol. The van der Waals surface area contributed by atoms with E-state index in [0.29, 0.717) is 5.69 Å². The number of halogens is 1. The van der Waals surface area contributed by atoms with Gasteiger partial charge in [0.25, 0.3) is 0 Å². The molecule has 1 aromatic rings. The lowest BCUT2D eigenvalue weighted by atomic mass is 10.2. The Morgan fingerprint density at radius 3 is 2.75 bits per heavy atom. The first kappa shape index (κ1) is 13.5. The van der Waals surface area contributed by atoms with E-state index < -0.39 is 10.0 Å². The fraction of sp³-hybridized carbons (Fsp3) is 0.400. The van der Waals surface area contributed by atoms with Crippen molar-refractivity contribution in [2.24, 2.45) is 0 Å². The highest BCUT2D eigenvalue weighted by atomic mass is 79.9. The maximum absolute atomic E-state index is 11.6. The molecule has 0 saturated carbocycles. The minimum atomic E-state index is -3.34. The van der Waals surface area contributed by atoms with Crippen LogP contribution in [0.1, 0.15) is 5.56 Å². The molecule has 0 radical (unpaired) electrons. The van der Waals surface area contributed by atoms with E-state index in [1.165, 1.54) is 7.11 Å². The number of nitrogens with one attached hydrogen (secondary N) is 1. The van der Waals surface area contributed by atoms with Crippen LogP contribution in [0.25, 0.3) is 0 Å². The molecule has 0 saturated heterocycles. The molecule has 0 aliphatic heterocycles.